The van der Waals surface area contributed by atoms with Crippen LogP contribution in [0.4, 0.5) is 0 Å². The zero-order chi connectivity index (χ0) is 18.8. The summed E-state index contributed by atoms with van der Waals surface area (Å²) in [5.41, 5.74) is 2.62. The molecule has 0 bridgehead atoms. The van der Waals surface area contributed by atoms with Crippen molar-refractivity contribution in [1.29, 1.82) is 0 Å². The van der Waals surface area contributed by atoms with Crippen LogP contribution >= 0.6 is 0 Å². The second kappa shape index (κ2) is 7.15. The number of rotatable bonds is 5. The second-order valence-corrected chi connectivity index (χ2v) is 6.69. The van der Waals surface area contributed by atoms with Gasteiger partial charge < -0.3 is 20.1 Å². The second-order valence-electron chi connectivity index (χ2n) is 6.69. The maximum absolute atomic E-state index is 12.8. The molecule has 138 valence electrons. The molecule has 0 radical (unpaired) electrons. The van der Waals surface area contributed by atoms with E-state index in [4.69, 9.17) is 4.74 Å². The smallest absolute Gasteiger partial charge is 0.326 e. The van der Waals surface area contributed by atoms with Crippen molar-refractivity contribution in [2.24, 2.45) is 0 Å². The summed E-state index contributed by atoms with van der Waals surface area (Å²) in [5.74, 6) is -1.04. The van der Waals surface area contributed by atoms with Gasteiger partial charge in [0.15, 0.2) is 0 Å². The van der Waals surface area contributed by atoms with E-state index in [2.05, 4.69) is 10.3 Å². The van der Waals surface area contributed by atoms with Crippen LogP contribution in [0.1, 0.15) is 23.5 Å². The van der Waals surface area contributed by atoms with Crippen LogP contribution < -0.4 is 10.1 Å². The number of amides is 1. The zero-order valence-corrected chi connectivity index (χ0v) is 14.6. The van der Waals surface area contributed by atoms with Crippen molar-refractivity contribution in [2.75, 3.05) is 6.61 Å². The Labute approximate surface area is 156 Å². The number of hydrogen-bond acceptors (Lipinski definition) is 3. The molecule has 0 saturated carbocycles. The number of para-hydroxylation sites is 2. The molecule has 1 aliphatic heterocycles. The van der Waals surface area contributed by atoms with E-state index >= 15 is 0 Å². The van der Waals surface area contributed by atoms with Crippen molar-refractivity contribution in [2.45, 2.75) is 24.8 Å². The number of benzene rings is 2. The standard InChI is InChI=1S/C21H20N2O4/c24-20(16-9-10-27-19-8-4-2-6-15(16)19)23-18(21(25)26)11-13-12-22-17-7-3-1-5-14(13)17/h1-8,12,16,18,22H,9-11H2,(H,23,24)(H,25,26). The first kappa shape index (κ1) is 17.1. The van der Waals surface area contributed by atoms with Gasteiger partial charge in [0, 0.05) is 29.1 Å². The summed E-state index contributed by atoms with van der Waals surface area (Å²) in [6, 6.07) is 14.1. The van der Waals surface area contributed by atoms with Crippen molar-refractivity contribution in [1.82, 2.24) is 10.3 Å². The third kappa shape index (κ3) is 3.38. The van der Waals surface area contributed by atoms with Crippen LogP contribution in [0, 0.1) is 0 Å². The summed E-state index contributed by atoms with van der Waals surface area (Å²) in [6.07, 6.45) is 2.55. The number of carboxylic acids is 1. The summed E-state index contributed by atoms with van der Waals surface area (Å²) in [6.45, 7) is 0.440. The van der Waals surface area contributed by atoms with Gasteiger partial charge in [-0.15, -0.1) is 0 Å². The average Bonchev–Trinajstić information content (AvgIpc) is 3.10. The number of carboxylic acid groups (broad SMARTS) is 1. The van der Waals surface area contributed by atoms with Crippen molar-refractivity contribution in [3.05, 3.63) is 65.9 Å². The molecule has 6 heteroatoms. The van der Waals surface area contributed by atoms with Crippen LogP contribution in [-0.4, -0.2) is 34.6 Å². The third-order valence-electron chi connectivity index (χ3n) is 4.99. The lowest BCUT2D eigenvalue weighted by molar-refractivity contribution is -0.142. The van der Waals surface area contributed by atoms with Gasteiger partial charge in [0.1, 0.15) is 11.8 Å². The molecular formula is C21H20N2O4. The molecule has 3 N–H and O–H groups in total. The number of carbonyl (C=O) groups excluding carboxylic acids is 1. The fourth-order valence-corrected chi connectivity index (χ4v) is 3.61. The Morgan fingerprint density at radius 1 is 1.19 bits per heavy atom. The molecule has 0 saturated heterocycles. The molecule has 6 nitrogen and oxygen atoms in total. The molecule has 0 aliphatic carbocycles. The Morgan fingerprint density at radius 2 is 1.96 bits per heavy atom. The van der Waals surface area contributed by atoms with Crippen LogP contribution in [0.3, 0.4) is 0 Å². The Morgan fingerprint density at radius 3 is 2.81 bits per heavy atom. The number of H-pyrrole nitrogens is 1. The molecule has 27 heavy (non-hydrogen) atoms. The van der Waals surface area contributed by atoms with Crippen molar-refractivity contribution >= 4 is 22.8 Å². The number of aromatic amines is 1. The van der Waals surface area contributed by atoms with Crippen LogP contribution in [0.2, 0.25) is 0 Å². The predicted octanol–water partition coefficient (Wildman–Crippen LogP) is 2.85. The van der Waals surface area contributed by atoms with Gasteiger partial charge in [-0.1, -0.05) is 36.4 Å². The topological polar surface area (TPSA) is 91.4 Å². The highest BCUT2D eigenvalue weighted by atomic mass is 16.5. The Bertz CT molecular complexity index is 995. The molecule has 0 spiro atoms. The number of carbonyl (C=O) groups is 2. The summed E-state index contributed by atoms with van der Waals surface area (Å²) in [7, 11) is 0. The molecule has 2 unspecified atom stereocenters. The van der Waals surface area contributed by atoms with E-state index < -0.39 is 17.9 Å². The SMILES string of the molecule is O=C(O)C(Cc1c[nH]c2ccccc12)NC(=O)C1CCOc2ccccc21. The fraction of sp³-hybridized carbons (Fsp3) is 0.238. The van der Waals surface area contributed by atoms with E-state index in [1.165, 1.54) is 0 Å². The van der Waals surface area contributed by atoms with Crippen LogP contribution in [0.25, 0.3) is 10.9 Å². The van der Waals surface area contributed by atoms with Gasteiger partial charge in [-0.05, 0) is 24.1 Å². The lowest BCUT2D eigenvalue weighted by Crippen LogP contribution is -2.45. The van der Waals surface area contributed by atoms with Gasteiger partial charge in [-0.25, -0.2) is 4.79 Å². The summed E-state index contributed by atoms with van der Waals surface area (Å²) in [5, 5.41) is 13.3. The molecule has 3 aromatic rings. The summed E-state index contributed by atoms with van der Waals surface area (Å²) < 4.78 is 5.59. The van der Waals surface area contributed by atoms with Gasteiger partial charge in [-0.3, -0.25) is 4.79 Å². The highest BCUT2D eigenvalue weighted by molar-refractivity contribution is 5.90. The monoisotopic (exact) mass is 364 g/mol. The first-order chi connectivity index (χ1) is 13.1. The van der Waals surface area contributed by atoms with Gasteiger partial charge in [0.05, 0.1) is 12.5 Å². The first-order valence-electron chi connectivity index (χ1n) is 8.93. The minimum absolute atomic E-state index is 0.218. The van der Waals surface area contributed by atoms with E-state index in [1.807, 2.05) is 48.5 Å². The average molecular weight is 364 g/mol. The maximum Gasteiger partial charge on any atom is 0.326 e. The molecule has 4 rings (SSSR count). The Balaban J connectivity index is 1.54. The van der Waals surface area contributed by atoms with Crippen LogP contribution in [-0.2, 0) is 16.0 Å². The van der Waals surface area contributed by atoms with Crippen LogP contribution in [0.5, 0.6) is 5.75 Å². The number of fused-ring (bicyclic) bond motifs is 2. The largest absolute Gasteiger partial charge is 0.493 e. The Hall–Kier alpha value is -3.28. The maximum atomic E-state index is 12.8. The minimum atomic E-state index is -1.05. The fourth-order valence-electron chi connectivity index (χ4n) is 3.61. The predicted molar refractivity (Wildman–Crippen MR) is 101 cm³/mol. The first-order valence-corrected chi connectivity index (χ1v) is 8.93. The quantitative estimate of drug-likeness (QED) is 0.649. The minimum Gasteiger partial charge on any atom is -0.493 e. The lowest BCUT2D eigenvalue weighted by Gasteiger charge is -2.26. The molecular weight excluding hydrogens is 344 g/mol. The molecule has 2 atom stereocenters. The van der Waals surface area contributed by atoms with E-state index in [-0.39, 0.29) is 12.3 Å². The van der Waals surface area contributed by atoms with Gasteiger partial charge in [0.25, 0.3) is 0 Å². The number of nitrogens with one attached hydrogen (secondary N) is 2. The van der Waals surface area contributed by atoms with Gasteiger partial charge >= 0.3 is 5.97 Å². The van der Waals surface area contributed by atoms with Crippen molar-refractivity contribution < 1.29 is 19.4 Å². The number of aromatic nitrogens is 1. The normalized spacial score (nSPS) is 17.0. The molecule has 0 fully saturated rings. The van der Waals surface area contributed by atoms with Crippen molar-refractivity contribution in [3.8, 4) is 5.75 Å². The molecule has 1 aromatic heterocycles. The van der Waals surface area contributed by atoms with E-state index in [1.54, 1.807) is 6.20 Å². The van der Waals surface area contributed by atoms with E-state index in [0.29, 0.717) is 18.8 Å². The highest BCUT2D eigenvalue weighted by Gasteiger charge is 2.30. The highest BCUT2D eigenvalue weighted by Crippen LogP contribution is 2.33. The van der Waals surface area contributed by atoms with E-state index in [0.717, 1.165) is 22.0 Å². The molecule has 1 amide bonds. The third-order valence-corrected chi connectivity index (χ3v) is 4.99. The number of hydrogen-bond donors (Lipinski definition) is 3. The van der Waals surface area contributed by atoms with Crippen LogP contribution in [0.15, 0.2) is 54.7 Å². The lowest BCUT2D eigenvalue weighted by atomic mass is 9.92. The Kier molecular flexibility index (Phi) is 4.54. The summed E-state index contributed by atoms with van der Waals surface area (Å²) >= 11 is 0. The zero-order valence-electron chi connectivity index (χ0n) is 14.6. The number of aliphatic carboxylic acids is 1. The summed E-state index contributed by atoms with van der Waals surface area (Å²) in [4.78, 5) is 27.7. The molecule has 2 aromatic carbocycles. The van der Waals surface area contributed by atoms with Gasteiger partial charge in [-0.2, -0.15) is 0 Å². The van der Waals surface area contributed by atoms with Crippen molar-refractivity contribution in [3.63, 3.8) is 0 Å². The molecule has 1 aliphatic rings. The molecule has 2 heterocycles. The van der Waals surface area contributed by atoms with Gasteiger partial charge in [0.2, 0.25) is 5.91 Å². The van der Waals surface area contributed by atoms with E-state index in [9.17, 15) is 14.7 Å². The number of ether oxygens (including phenoxy) is 1.